The molecule has 1 unspecified atom stereocenters. The lowest BCUT2D eigenvalue weighted by Gasteiger charge is -2.29. The molecule has 1 aliphatic rings. The number of allylic oxidation sites excluding steroid dienone is 1. The van der Waals surface area contributed by atoms with E-state index in [4.69, 9.17) is 14.2 Å². The van der Waals surface area contributed by atoms with Gasteiger partial charge in [0.05, 0.1) is 32.6 Å². The Morgan fingerprint density at radius 2 is 1.77 bits per heavy atom. The minimum atomic E-state index is -0.520. The smallest absolute Gasteiger partial charge is 0.255 e. The van der Waals surface area contributed by atoms with Crippen LogP contribution in [0.2, 0.25) is 0 Å². The zero-order chi connectivity index (χ0) is 22.0. The Hall–Kier alpha value is -4.01. The van der Waals surface area contributed by atoms with Crippen molar-refractivity contribution >= 4 is 17.5 Å². The van der Waals surface area contributed by atoms with Gasteiger partial charge in [0.25, 0.3) is 5.91 Å². The zero-order valence-electron chi connectivity index (χ0n) is 17.7. The number of para-hydroxylation sites is 2. The Balaban J connectivity index is 1.79. The highest BCUT2D eigenvalue weighted by Gasteiger charge is 2.34. The van der Waals surface area contributed by atoms with Crippen LogP contribution < -0.4 is 24.8 Å². The van der Waals surface area contributed by atoms with Gasteiger partial charge in [-0.3, -0.25) is 4.79 Å². The molecule has 0 bridgehead atoms. The van der Waals surface area contributed by atoms with Crippen LogP contribution in [0.1, 0.15) is 18.5 Å². The fourth-order valence-electron chi connectivity index (χ4n) is 3.65. The van der Waals surface area contributed by atoms with E-state index in [9.17, 15) is 4.79 Å². The van der Waals surface area contributed by atoms with Gasteiger partial charge in [0.1, 0.15) is 18.1 Å². The number of benzene rings is 2. The number of anilines is 2. The Kier molecular flexibility index (Phi) is 5.48. The molecule has 0 saturated heterocycles. The topological polar surface area (TPSA) is 99.5 Å². The fraction of sp³-hybridized carbons (Fsp3) is 0.227. The molecule has 9 nitrogen and oxygen atoms in total. The number of methoxy groups -OCH3 is 3. The summed E-state index contributed by atoms with van der Waals surface area (Å²) < 4.78 is 17.9. The third-order valence-electron chi connectivity index (χ3n) is 5.12. The molecule has 1 atom stereocenters. The molecule has 160 valence electrons. The number of carbonyl (C=O) groups is 1. The van der Waals surface area contributed by atoms with Gasteiger partial charge in [-0.15, -0.1) is 0 Å². The number of nitrogens with zero attached hydrogens (tertiary/aromatic N) is 3. The molecule has 0 fully saturated rings. The standard InChI is InChI=1S/C22H23N5O4/c1-13-19(21(28)26-15-7-5-6-8-16(15)29-2)20(27-22(25-13)23-12-24-27)14-9-10-17(30-3)18(11-14)31-4/h5-12,20H,1-4H3,(H,26,28)(H,23,24,25). The highest BCUT2D eigenvalue weighted by Crippen LogP contribution is 2.39. The molecule has 1 aromatic heterocycles. The van der Waals surface area contributed by atoms with E-state index in [0.29, 0.717) is 40.2 Å². The van der Waals surface area contributed by atoms with E-state index in [1.54, 1.807) is 44.2 Å². The van der Waals surface area contributed by atoms with Crippen LogP contribution in [-0.2, 0) is 4.79 Å². The van der Waals surface area contributed by atoms with Crippen LogP contribution in [0.5, 0.6) is 17.2 Å². The summed E-state index contributed by atoms with van der Waals surface area (Å²) in [7, 11) is 4.71. The van der Waals surface area contributed by atoms with Gasteiger partial charge >= 0.3 is 0 Å². The summed E-state index contributed by atoms with van der Waals surface area (Å²) in [6.45, 7) is 1.84. The maximum absolute atomic E-state index is 13.5. The molecule has 0 spiro atoms. The lowest BCUT2D eigenvalue weighted by Crippen LogP contribution is -2.31. The molecule has 1 aliphatic heterocycles. The van der Waals surface area contributed by atoms with Gasteiger partial charge in [-0.2, -0.15) is 10.1 Å². The first kappa shape index (κ1) is 20.3. The van der Waals surface area contributed by atoms with E-state index in [1.807, 2.05) is 31.2 Å². The van der Waals surface area contributed by atoms with Gasteiger partial charge in [-0.25, -0.2) is 4.68 Å². The summed E-state index contributed by atoms with van der Waals surface area (Å²) >= 11 is 0. The summed E-state index contributed by atoms with van der Waals surface area (Å²) in [6.07, 6.45) is 1.45. The minimum absolute atomic E-state index is 0.282. The quantitative estimate of drug-likeness (QED) is 0.630. The molecule has 2 N–H and O–H groups in total. The van der Waals surface area contributed by atoms with Crippen LogP contribution >= 0.6 is 0 Å². The zero-order valence-corrected chi connectivity index (χ0v) is 17.7. The van der Waals surface area contributed by atoms with Crippen molar-refractivity contribution in [1.29, 1.82) is 0 Å². The molecule has 0 radical (unpaired) electrons. The first-order chi connectivity index (χ1) is 15.1. The number of aromatic nitrogens is 3. The maximum Gasteiger partial charge on any atom is 0.255 e. The SMILES string of the molecule is COc1ccccc1NC(=O)C1=C(C)Nc2ncnn2C1c1ccc(OC)c(OC)c1. The summed E-state index contributed by atoms with van der Waals surface area (Å²) in [5, 5.41) is 10.5. The number of amides is 1. The number of hydrogen-bond donors (Lipinski definition) is 2. The van der Waals surface area contributed by atoms with E-state index in [0.717, 1.165) is 5.56 Å². The number of rotatable bonds is 6. The van der Waals surface area contributed by atoms with Crippen molar-refractivity contribution in [3.05, 3.63) is 65.6 Å². The highest BCUT2D eigenvalue weighted by atomic mass is 16.5. The summed E-state index contributed by atoms with van der Waals surface area (Å²) in [5.41, 5.74) is 2.55. The molecular formula is C22H23N5O4. The summed E-state index contributed by atoms with van der Waals surface area (Å²) in [4.78, 5) is 17.7. The van der Waals surface area contributed by atoms with Crippen LogP contribution in [0.25, 0.3) is 0 Å². The Labute approximate surface area is 179 Å². The molecular weight excluding hydrogens is 398 g/mol. The Morgan fingerprint density at radius 1 is 1.03 bits per heavy atom. The molecule has 0 aliphatic carbocycles. The molecule has 1 amide bonds. The minimum Gasteiger partial charge on any atom is -0.495 e. The number of carbonyl (C=O) groups excluding carboxylic acids is 1. The van der Waals surface area contributed by atoms with Crippen molar-refractivity contribution in [2.24, 2.45) is 0 Å². The number of nitrogens with one attached hydrogen (secondary N) is 2. The van der Waals surface area contributed by atoms with E-state index in [1.165, 1.54) is 6.33 Å². The Bertz CT molecular complexity index is 1150. The van der Waals surface area contributed by atoms with Crippen LogP contribution in [0.15, 0.2) is 60.1 Å². The van der Waals surface area contributed by atoms with Gasteiger partial charge in [0.15, 0.2) is 11.5 Å². The van der Waals surface area contributed by atoms with Crippen LogP contribution in [0, 0.1) is 0 Å². The first-order valence-corrected chi connectivity index (χ1v) is 9.61. The van der Waals surface area contributed by atoms with Crippen molar-refractivity contribution in [2.45, 2.75) is 13.0 Å². The number of fused-ring (bicyclic) bond motifs is 1. The lowest BCUT2D eigenvalue weighted by atomic mass is 9.94. The molecule has 9 heteroatoms. The predicted octanol–water partition coefficient (Wildman–Crippen LogP) is 3.23. The van der Waals surface area contributed by atoms with Crippen molar-refractivity contribution < 1.29 is 19.0 Å². The van der Waals surface area contributed by atoms with Crippen molar-refractivity contribution in [1.82, 2.24) is 14.8 Å². The second kappa shape index (κ2) is 8.39. The van der Waals surface area contributed by atoms with Crippen LogP contribution in [-0.4, -0.2) is 42.0 Å². The molecule has 2 aromatic carbocycles. The molecule has 4 rings (SSSR count). The van der Waals surface area contributed by atoms with Gasteiger partial charge in [-0.1, -0.05) is 18.2 Å². The molecule has 3 aromatic rings. The first-order valence-electron chi connectivity index (χ1n) is 9.61. The fourth-order valence-corrected chi connectivity index (χ4v) is 3.65. The van der Waals surface area contributed by atoms with Crippen LogP contribution in [0.3, 0.4) is 0 Å². The normalized spacial score (nSPS) is 15.0. The monoisotopic (exact) mass is 421 g/mol. The summed E-state index contributed by atoms with van der Waals surface area (Å²) in [5.74, 6) is 1.99. The van der Waals surface area contributed by atoms with Gasteiger partial charge in [-0.05, 0) is 36.8 Å². The van der Waals surface area contributed by atoms with Crippen molar-refractivity contribution in [3.8, 4) is 17.2 Å². The largest absolute Gasteiger partial charge is 0.495 e. The lowest BCUT2D eigenvalue weighted by molar-refractivity contribution is -0.113. The molecule has 2 heterocycles. The van der Waals surface area contributed by atoms with E-state index in [-0.39, 0.29) is 5.91 Å². The molecule has 31 heavy (non-hydrogen) atoms. The number of ether oxygens (including phenoxy) is 3. The van der Waals surface area contributed by atoms with E-state index in [2.05, 4.69) is 20.7 Å². The highest BCUT2D eigenvalue weighted by molar-refractivity contribution is 6.06. The van der Waals surface area contributed by atoms with E-state index >= 15 is 0 Å². The van der Waals surface area contributed by atoms with E-state index < -0.39 is 6.04 Å². The Morgan fingerprint density at radius 3 is 2.52 bits per heavy atom. The average Bonchev–Trinajstić information content (AvgIpc) is 3.25. The average molecular weight is 421 g/mol. The molecule has 0 saturated carbocycles. The maximum atomic E-state index is 13.5. The number of hydrogen-bond acceptors (Lipinski definition) is 7. The predicted molar refractivity (Wildman–Crippen MR) is 116 cm³/mol. The van der Waals surface area contributed by atoms with Gasteiger partial charge in [0, 0.05) is 5.70 Å². The second-order valence-corrected chi connectivity index (χ2v) is 6.86. The van der Waals surface area contributed by atoms with Gasteiger partial charge < -0.3 is 24.8 Å². The van der Waals surface area contributed by atoms with Crippen molar-refractivity contribution in [3.63, 3.8) is 0 Å². The summed E-state index contributed by atoms with van der Waals surface area (Å²) in [6, 6.07) is 12.3. The second-order valence-electron chi connectivity index (χ2n) is 6.86. The van der Waals surface area contributed by atoms with Crippen molar-refractivity contribution in [2.75, 3.05) is 32.0 Å². The van der Waals surface area contributed by atoms with Crippen LogP contribution in [0.4, 0.5) is 11.6 Å². The third-order valence-corrected chi connectivity index (χ3v) is 5.12. The van der Waals surface area contributed by atoms with Gasteiger partial charge in [0.2, 0.25) is 5.95 Å². The third kappa shape index (κ3) is 3.65.